The smallest absolute Gasteiger partial charge is 0.121 e. The van der Waals surface area contributed by atoms with Gasteiger partial charge in [0.15, 0.2) is 0 Å². The molecule has 11 rings (SSSR count). The summed E-state index contributed by atoms with van der Waals surface area (Å²) in [6.07, 6.45) is -0.161. The molecule has 0 amide bonds. The van der Waals surface area contributed by atoms with Crippen LogP contribution in [0.1, 0.15) is 102 Å². The Bertz CT molecular complexity index is 4060. The zero-order valence-electron chi connectivity index (χ0n) is 51.4. The van der Waals surface area contributed by atoms with Gasteiger partial charge < -0.3 is 14.0 Å². The number of para-hydroxylation sites is 2. The van der Waals surface area contributed by atoms with Crippen LogP contribution < -0.4 is 0 Å². The van der Waals surface area contributed by atoms with Crippen molar-refractivity contribution in [2.45, 2.75) is 80.3 Å². The fourth-order valence-electron chi connectivity index (χ4n) is 9.17. The van der Waals surface area contributed by atoms with Gasteiger partial charge in [-0.15, -0.1) is 47.5 Å². The van der Waals surface area contributed by atoms with Crippen LogP contribution >= 0.6 is 0 Å². The minimum atomic E-state index is -2.27. The van der Waals surface area contributed by atoms with Gasteiger partial charge in [0.05, 0.1) is 22.4 Å². The third-order valence-electron chi connectivity index (χ3n) is 12.5. The summed E-state index contributed by atoms with van der Waals surface area (Å²) in [5, 5.41) is 1.90. The molecule has 0 spiro atoms. The molecule has 0 aliphatic carbocycles. The van der Waals surface area contributed by atoms with Crippen LogP contribution in [0, 0.1) is 31.3 Å². The molecule has 5 heteroatoms. The van der Waals surface area contributed by atoms with E-state index in [-0.39, 0.29) is 31.2 Å². The first-order valence-electron chi connectivity index (χ1n) is 28.9. The molecule has 0 aliphatic heterocycles. The summed E-state index contributed by atoms with van der Waals surface area (Å²) in [5.41, 5.74) is 13.0. The van der Waals surface area contributed by atoms with Gasteiger partial charge in [0.2, 0.25) is 0 Å². The summed E-state index contributed by atoms with van der Waals surface area (Å²) in [5.74, 6) is -1.43. The Morgan fingerprint density at radius 2 is 1.33 bits per heavy atom. The summed E-state index contributed by atoms with van der Waals surface area (Å²) < 4.78 is 90.8. The molecule has 0 saturated carbocycles. The first kappa shape index (κ1) is 38.5. The molecule has 11 aromatic rings. The fraction of sp³-hybridized carbons (Fsp3) is 0.194. The van der Waals surface area contributed by atoms with Gasteiger partial charge in [-0.25, -0.2) is 0 Å². The Hall–Kier alpha value is -7.17. The number of pyridine rings is 1. The average Bonchev–Trinajstić information content (AvgIpc) is 3.80. The van der Waals surface area contributed by atoms with Crippen LogP contribution in [0.25, 0.3) is 94.7 Å². The number of aromatic nitrogens is 3. The summed E-state index contributed by atoms with van der Waals surface area (Å²) >= 11 is 0. The van der Waals surface area contributed by atoms with E-state index < -0.39 is 37.3 Å². The number of fused-ring (bicyclic) bond motifs is 4. The van der Waals surface area contributed by atoms with Gasteiger partial charge >= 0.3 is 0 Å². The zero-order valence-corrected chi connectivity index (χ0v) is 43.8. The van der Waals surface area contributed by atoms with E-state index in [0.29, 0.717) is 39.4 Å². The standard InChI is InChI=1S/C48H45N2O.C19H16N.Ir/c1-30(2)40-26-36(33-14-9-8-10-15-33)27-41(31(3)4)45(40)50-43-19-12-11-18-42(43)49-47(50)39-17-13-16-38-37-25-24-35(28-44(37)51-46(38)39)34-22-20-32(21-23-34)29-48(5,6)7;1-14-8-11-19(20-13-14)17-10-9-15(2)18(12-17)16-6-4-3-5-7-16;/h8-16,18-28,30-31H,29H2,1-7H3;3-9,11-13H,1-2H3;/q2*-1;/i29D2,30D,31D;1D3,2D3;. The molecule has 0 unspecified atom stereocenters. The van der Waals surface area contributed by atoms with Crippen molar-refractivity contribution in [1.82, 2.24) is 14.5 Å². The summed E-state index contributed by atoms with van der Waals surface area (Å²) in [7, 11) is 0. The van der Waals surface area contributed by atoms with E-state index in [4.69, 9.17) is 20.4 Å². The SMILES string of the molecule is [2H]C(C)(C)c1cc(-c2ccccc2)cc(C([2H])(C)C)c1-n1c(-c2[c-]ccc3c2oc2cc(-c4ccc(C([2H])([2H])C(C)(C)C)cc4)ccc23)nc2ccccc21.[2H]C([2H])([2H])c1ccc(-c2[c-]cc(C([2H])([2H])[2H])c(-c3ccccc3)c2)nc1.[Ir]. The van der Waals surface area contributed by atoms with Crippen molar-refractivity contribution in [3.05, 3.63) is 222 Å². The second kappa shape index (κ2) is 20.9. The predicted octanol–water partition coefficient (Wildman–Crippen LogP) is 18.4. The van der Waals surface area contributed by atoms with Gasteiger partial charge in [-0.2, -0.15) is 0 Å². The van der Waals surface area contributed by atoms with E-state index >= 15 is 0 Å². The molecular formula is C67H61IrN3O-2. The molecule has 0 bridgehead atoms. The zero-order chi connectivity index (χ0) is 58.0. The second-order valence-corrected chi connectivity index (χ2v) is 19.4. The van der Waals surface area contributed by atoms with Crippen LogP contribution in [0.5, 0.6) is 0 Å². The van der Waals surface area contributed by atoms with Crippen molar-refractivity contribution >= 4 is 33.0 Å². The molecule has 3 aromatic heterocycles. The maximum Gasteiger partial charge on any atom is 0.121 e. The van der Waals surface area contributed by atoms with Gasteiger partial charge in [-0.3, -0.25) is 4.98 Å². The van der Waals surface area contributed by atoms with Crippen molar-refractivity contribution in [3.8, 4) is 61.7 Å². The van der Waals surface area contributed by atoms with E-state index in [1.807, 2.05) is 164 Å². The molecule has 3 heterocycles. The third kappa shape index (κ3) is 10.3. The molecular weight excluding hydrogens is 1050 g/mol. The monoisotopic (exact) mass is 1130 g/mol. The number of hydrogen-bond acceptors (Lipinski definition) is 3. The van der Waals surface area contributed by atoms with Gasteiger partial charge in [-0.1, -0.05) is 193 Å². The molecule has 8 aromatic carbocycles. The van der Waals surface area contributed by atoms with E-state index in [2.05, 4.69) is 58.1 Å². The number of furan rings is 1. The number of hydrogen-bond donors (Lipinski definition) is 0. The molecule has 361 valence electrons. The van der Waals surface area contributed by atoms with Gasteiger partial charge in [0.25, 0.3) is 0 Å². The van der Waals surface area contributed by atoms with Crippen molar-refractivity contribution in [2.75, 3.05) is 0 Å². The van der Waals surface area contributed by atoms with Crippen LogP contribution in [0.4, 0.5) is 0 Å². The first-order valence-corrected chi connectivity index (χ1v) is 23.9. The van der Waals surface area contributed by atoms with Gasteiger partial charge in [0, 0.05) is 51.1 Å². The first-order chi connectivity index (χ1) is 38.1. The number of aryl methyl sites for hydroxylation is 2. The normalized spacial score (nSPS) is 14.5. The largest absolute Gasteiger partial charge is 0.501 e. The van der Waals surface area contributed by atoms with Crippen LogP contribution in [0.3, 0.4) is 0 Å². The predicted molar refractivity (Wildman–Crippen MR) is 298 cm³/mol. The quantitative estimate of drug-likeness (QED) is 0.135. The van der Waals surface area contributed by atoms with Crippen LogP contribution in [-0.4, -0.2) is 14.5 Å². The average molecular weight is 1130 g/mol. The fourth-order valence-corrected chi connectivity index (χ4v) is 9.17. The Labute approximate surface area is 453 Å². The van der Waals surface area contributed by atoms with Gasteiger partial charge in [0.1, 0.15) is 5.58 Å². The topological polar surface area (TPSA) is 43.9 Å². The second-order valence-electron chi connectivity index (χ2n) is 19.4. The molecule has 0 fully saturated rings. The number of rotatable bonds is 9. The molecule has 0 atom stereocenters. The van der Waals surface area contributed by atoms with Crippen molar-refractivity contribution in [3.63, 3.8) is 0 Å². The minimum absolute atomic E-state index is 0. The van der Waals surface area contributed by atoms with Crippen molar-refractivity contribution in [1.29, 1.82) is 0 Å². The number of imidazole rings is 1. The van der Waals surface area contributed by atoms with E-state index in [0.717, 1.165) is 72.0 Å². The summed E-state index contributed by atoms with van der Waals surface area (Å²) in [6, 6.07) is 62.2. The van der Waals surface area contributed by atoms with Crippen LogP contribution in [-0.2, 0) is 26.5 Å². The van der Waals surface area contributed by atoms with Crippen LogP contribution in [0.15, 0.2) is 187 Å². The Kier molecular flexibility index (Phi) is 11.2. The van der Waals surface area contributed by atoms with E-state index in [1.54, 1.807) is 12.1 Å². The molecule has 4 nitrogen and oxygen atoms in total. The van der Waals surface area contributed by atoms with E-state index in [1.165, 1.54) is 18.3 Å². The molecule has 0 saturated heterocycles. The van der Waals surface area contributed by atoms with Crippen LogP contribution in [0.2, 0.25) is 0 Å². The molecule has 0 aliphatic rings. The minimum Gasteiger partial charge on any atom is -0.501 e. The summed E-state index contributed by atoms with van der Waals surface area (Å²) in [4.78, 5) is 9.45. The summed E-state index contributed by atoms with van der Waals surface area (Å²) in [6.45, 7) is 8.88. The third-order valence-corrected chi connectivity index (χ3v) is 12.5. The van der Waals surface area contributed by atoms with Crippen molar-refractivity contribution < 1.29 is 38.2 Å². The Morgan fingerprint density at radius 1 is 0.667 bits per heavy atom. The van der Waals surface area contributed by atoms with Crippen molar-refractivity contribution in [2.24, 2.45) is 5.41 Å². The molecule has 72 heavy (non-hydrogen) atoms. The van der Waals surface area contributed by atoms with Gasteiger partial charge in [-0.05, 0) is 117 Å². The maximum absolute atomic E-state index is 9.48. The Morgan fingerprint density at radius 3 is 1.99 bits per heavy atom. The Balaban J connectivity index is 0.000000252. The molecule has 1 radical (unpaired) electrons. The number of nitrogens with zero attached hydrogens (tertiary/aromatic N) is 3. The number of benzene rings is 8. The van der Waals surface area contributed by atoms with E-state index in [9.17, 15) is 2.74 Å². The maximum atomic E-state index is 9.48. The molecule has 0 N–H and O–H groups in total.